The summed E-state index contributed by atoms with van der Waals surface area (Å²) in [5.74, 6) is -1.88. The van der Waals surface area contributed by atoms with Crippen LogP contribution in [-0.4, -0.2) is 10.9 Å². The molecule has 3 rings (SSSR count). The number of aromatic nitrogens is 1. The van der Waals surface area contributed by atoms with Crippen molar-refractivity contribution in [2.45, 2.75) is 12.5 Å². The fraction of sp³-hybridized carbons (Fsp3) is 0.100. The number of nitrogens with two attached hydrogens (primary N) is 2. The molecule has 4 nitrogen and oxygen atoms in total. The van der Waals surface area contributed by atoms with Crippen molar-refractivity contribution in [3.63, 3.8) is 0 Å². The minimum absolute atomic E-state index is 0.188. The second-order valence-corrected chi connectivity index (χ2v) is 5.92. The highest BCUT2D eigenvalue weighted by molar-refractivity contribution is 5.94. The highest BCUT2D eigenvalue weighted by Crippen LogP contribution is 2.27. The Balaban J connectivity index is 1.96. The summed E-state index contributed by atoms with van der Waals surface area (Å²) in [7, 11) is 0. The average molecular weight is 353 g/mol. The molecule has 132 valence electrons. The van der Waals surface area contributed by atoms with Gasteiger partial charge in [0.25, 0.3) is 5.91 Å². The third kappa shape index (κ3) is 3.75. The maximum atomic E-state index is 13.7. The van der Waals surface area contributed by atoms with Crippen LogP contribution in [0.25, 0.3) is 11.1 Å². The van der Waals surface area contributed by atoms with E-state index in [0.717, 1.165) is 0 Å². The Kier molecular flexibility index (Phi) is 5.04. The lowest BCUT2D eigenvalue weighted by atomic mass is 9.95. The maximum absolute atomic E-state index is 13.7. The first kappa shape index (κ1) is 17.7. The second kappa shape index (κ2) is 7.41. The Morgan fingerprint density at radius 1 is 1.08 bits per heavy atom. The molecule has 1 atom stereocenters. The van der Waals surface area contributed by atoms with Gasteiger partial charge in [0.2, 0.25) is 0 Å². The van der Waals surface area contributed by atoms with Gasteiger partial charge in [0.05, 0.1) is 11.3 Å². The van der Waals surface area contributed by atoms with E-state index in [1.807, 2.05) is 0 Å². The van der Waals surface area contributed by atoms with Crippen LogP contribution in [0.5, 0.6) is 0 Å². The lowest BCUT2D eigenvalue weighted by Crippen LogP contribution is -2.15. The summed E-state index contributed by atoms with van der Waals surface area (Å²) in [4.78, 5) is 15.8. The number of hydrogen-bond acceptors (Lipinski definition) is 3. The zero-order valence-corrected chi connectivity index (χ0v) is 13.8. The van der Waals surface area contributed by atoms with Gasteiger partial charge in [-0.25, -0.2) is 8.78 Å². The normalized spacial score (nSPS) is 12.0. The van der Waals surface area contributed by atoms with Crippen LogP contribution in [-0.2, 0) is 6.42 Å². The molecule has 0 saturated carbocycles. The number of rotatable bonds is 5. The average Bonchev–Trinajstić information content (AvgIpc) is 2.62. The van der Waals surface area contributed by atoms with Crippen molar-refractivity contribution in [2.75, 3.05) is 0 Å². The van der Waals surface area contributed by atoms with Gasteiger partial charge in [0.15, 0.2) is 0 Å². The van der Waals surface area contributed by atoms with Gasteiger partial charge >= 0.3 is 0 Å². The highest BCUT2D eigenvalue weighted by atomic mass is 19.1. The van der Waals surface area contributed by atoms with Crippen molar-refractivity contribution >= 4 is 5.91 Å². The molecule has 0 spiro atoms. The van der Waals surface area contributed by atoms with Gasteiger partial charge in [0.1, 0.15) is 11.6 Å². The van der Waals surface area contributed by atoms with E-state index in [9.17, 15) is 13.6 Å². The van der Waals surface area contributed by atoms with E-state index < -0.39 is 17.8 Å². The Morgan fingerprint density at radius 3 is 2.62 bits per heavy atom. The quantitative estimate of drug-likeness (QED) is 0.738. The molecule has 0 radical (unpaired) electrons. The number of primary amides is 1. The summed E-state index contributed by atoms with van der Waals surface area (Å²) >= 11 is 0. The van der Waals surface area contributed by atoms with Crippen molar-refractivity contribution in [2.24, 2.45) is 11.5 Å². The smallest absolute Gasteiger partial charge is 0.251 e. The molecule has 4 N–H and O–H groups in total. The SMILES string of the molecule is NC(=O)c1cc(-c2cccnc2CC(N)c2cccc(F)c2)ccc1F. The third-order valence-corrected chi connectivity index (χ3v) is 4.12. The van der Waals surface area contributed by atoms with E-state index in [1.165, 1.54) is 24.3 Å². The molecule has 0 saturated heterocycles. The molecule has 2 aromatic carbocycles. The number of amides is 1. The zero-order valence-electron chi connectivity index (χ0n) is 13.8. The molecule has 0 aliphatic rings. The van der Waals surface area contributed by atoms with E-state index in [2.05, 4.69) is 4.98 Å². The van der Waals surface area contributed by atoms with Gasteiger partial charge in [-0.05, 0) is 41.5 Å². The van der Waals surface area contributed by atoms with Gasteiger partial charge in [-0.3, -0.25) is 9.78 Å². The van der Waals surface area contributed by atoms with E-state index in [1.54, 1.807) is 36.5 Å². The first-order valence-electron chi connectivity index (χ1n) is 8.00. The van der Waals surface area contributed by atoms with Crippen LogP contribution in [0.15, 0.2) is 60.8 Å². The number of hydrogen-bond donors (Lipinski definition) is 2. The van der Waals surface area contributed by atoms with Crippen LogP contribution >= 0.6 is 0 Å². The number of nitrogens with zero attached hydrogens (tertiary/aromatic N) is 1. The van der Waals surface area contributed by atoms with Crippen LogP contribution in [0, 0.1) is 11.6 Å². The minimum atomic E-state index is -0.841. The molecular weight excluding hydrogens is 336 g/mol. The van der Waals surface area contributed by atoms with Crippen LogP contribution < -0.4 is 11.5 Å². The van der Waals surface area contributed by atoms with Gasteiger partial charge in [-0.1, -0.05) is 24.3 Å². The number of halogens is 2. The number of benzene rings is 2. The summed E-state index contributed by atoms with van der Waals surface area (Å²) in [6.45, 7) is 0. The Hall–Kier alpha value is -3.12. The monoisotopic (exact) mass is 353 g/mol. The lowest BCUT2D eigenvalue weighted by molar-refractivity contribution is 0.0996. The summed E-state index contributed by atoms with van der Waals surface area (Å²) < 4.78 is 27.2. The van der Waals surface area contributed by atoms with Gasteiger partial charge < -0.3 is 11.5 Å². The maximum Gasteiger partial charge on any atom is 0.251 e. The molecule has 1 amide bonds. The first-order valence-corrected chi connectivity index (χ1v) is 8.00. The van der Waals surface area contributed by atoms with Crippen molar-refractivity contribution in [1.82, 2.24) is 4.98 Å². The topological polar surface area (TPSA) is 82.0 Å². The summed E-state index contributed by atoms with van der Waals surface area (Å²) in [6, 6.07) is 13.3. The van der Waals surface area contributed by atoms with Crippen LogP contribution in [0.2, 0.25) is 0 Å². The molecule has 26 heavy (non-hydrogen) atoms. The number of carbonyl (C=O) groups is 1. The molecular formula is C20H17F2N3O. The molecule has 0 aliphatic heterocycles. The molecule has 3 aromatic rings. The highest BCUT2D eigenvalue weighted by Gasteiger charge is 2.15. The summed E-state index contributed by atoms with van der Waals surface area (Å²) in [6.07, 6.45) is 1.97. The molecule has 0 bridgehead atoms. The fourth-order valence-electron chi connectivity index (χ4n) is 2.81. The molecule has 1 unspecified atom stereocenters. The third-order valence-electron chi connectivity index (χ3n) is 4.12. The predicted molar refractivity (Wildman–Crippen MR) is 95.2 cm³/mol. The zero-order chi connectivity index (χ0) is 18.7. The van der Waals surface area contributed by atoms with Crippen LogP contribution in [0.1, 0.15) is 27.7 Å². The van der Waals surface area contributed by atoms with E-state index >= 15 is 0 Å². The fourth-order valence-corrected chi connectivity index (χ4v) is 2.81. The van der Waals surface area contributed by atoms with E-state index in [-0.39, 0.29) is 11.4 Å². The summed E-state index contributed by atoms with van der Waals surface area (Å²) in [5.41, 5.74) is 13.9. The standard InChI is InChI=1S/C20H17F2N3O/c21-14-4-1-3-13(9-14)18(23)11-19-15(5-2-8-25-19)12-6-7-17(22)16(10-12)20(24)26/h1-10,18H,11,23H2,(H2,24,26). The molecule has 6 heteroatoms. The number of carbonyl (C=O) groups excluding carboxylic acids is 1. The van der Waals surface area contributed by atoms with Crippen LogP contribution in [0.3, 0.4) is 0 Å². The van der Waals surface area contributed by atoms with Crippen molar-refractivity contribution in [3.05, 3.63) is 89.2 Å². The molecule has 0 aliphatic carbocycles. The second-order valence-electron chi connectivity index (χ2n) is 5.92. The lowest BCUT2D eigenvalue weighted by Gasteiger charge is -2.15. The first-order chi connectivity index (χ1) is 12.5. The van der Waals surface area contributed by atoms with Crippen LogP contribution in [0.4, 0.5) is 8.78 Å². The molecule has 1 aromatic heterocycles. The Labute approximate surface area is 149 Å². The van der Waals surface area contributed by atoms with Gasteiger partial charge in [-0.2, -0.15) is 0 Å². The van der Waals surface area contributed by atoms with Gasteiger partial charge in [-0.15, -0.1) is 0 Å². The van der Waals surface area contributed by atoms with E-state index in [4.69, 9.17) is 11.5 Å². The Morgan fingerprint density at radius 2 is 1.88 bits per heavy atom. The van der Waals surface area contributed by atoms with E-state index in [0.29, 0.717) is 28.8 Å². The van der Waals surface area contributed by atoms with Crippen molar-refractivity contribution < 1.29 is 13.6 Å². The van der Waals surface area contributed by atoms with Gasteiger partial charge in [0, 0.05) is 24.2 Å². The van der Waals surface area contributed by atoms with Crippen molar-refractivity contribution in [1.29, 1.82) is 0 Å². The van der Waals surface area contributed by atoms with Crippen molar-refractivity contribution in [3.8, 4) is 11.1 Å². The minimum Gasteiger partial charge on any atom is -0.366 e. The number of pyridine rings is 1. The summed E-state index contributed by atoms with van der Waals surface area (Å²) in [5, 5.41) is 0. The largest absolute Gasteiger partial charge is 0.366 e. The molecule has 0 fully saturated rings. The molecule has 1 heterocycles. The predicted octanol–water partition coefficient (Wildman–Crippen LogP) is 3.37. The Bertz CT molecular complexity index is 959.